The fourth-order valence-corrected chi connectivity index (χ4v) is 8.84. The van der Waals surface area contributed by atoms with Crippen LogP contribution in [-0.2, 0) is 21.4 Å². The molecule has 0 radical (unpaired) electrons. The molecule has 0 unspecified atom stereocenters. The Morgan fingerprint density at radius 3 is 2.57 bits per heavy atom. The van der Waals surface area contributed by atoms with E-state index in [4.69, 9.17) is 4.74 Å². The van der Waals surface area contributed by atoms with Gasteiger partial charge in [-0.25, -0.2) is 9.18 Å². The van der Waals surface area contributed by atoms with Crippen molar-refractivity contribution in [2.75, 3.05) is 11.9 Å². The number of carbonyl (C=O) groups is 3. The van der Waals surface area contributed by atoms with Crippen molar-refractivity contribution >= 4 is 29.4 Å². The van der Waals surface area contributed by atoms with Gasteiger partial charge >= 0.3 is 5.97 Å². The summed E-state index contributed by atoms with van der Waals surface area (Å²) in [4.78, 5) is 40.2. The number of para-hydroxylation sites is 1. The number of hydrogen-bond donors (Lipinski definition) is 0. The second-order valence-corrected chi connectivity index (χ2v) is 13.7. The van der Waals surface area contributed by atoms with Gasteiger partial charge in [0.25, 0.3) is 0 Å². The summed E-state index contributed by atoms with van der Waals surface area (Å²) < 4.78 is 21.0. The lowest BCUT2D eigenvalue weighted by Crippen LogP contribution is -2.42. The van der Waals surface area contributed by atoms with E-state index >= 15 is 4.39 Å². The number of fused-ring (bicyclic) bond motifs is 6. The number of ketones is 1. The predicted octanol–water partition coefficient (Wildman–Crippen LogP) is 7.97. The van der Waals surface area contributed by atoms with Crippen molar-refractivity contribution in [3.05, 3.63) is 100 Å². The number of likely N-dealkylation sites (N-methyl/N-ethyl adjacent to an activating group) is 1. The number of Topliss-reactive ketones (excluding diaryl/α,β-unsaturated/α-hetero) is 1. The molecule has 0 saturated heterocycles. The van der Waals surface area contributed by atoms with Crippen LogP contribution in [0.5, 0.6) is 5.75 Å². The number of hydrogen-bond acceptors (Lipinski definition) is 4. The van der Waals surface area contributed by atoms with Gasteiger partial charge in [-0.15, -0.1) is 0 Å². The molecule has 3 aromatic rings. The molecule has 3 aromatic carbocycles. The second-order valence-electron chi connectivity index (χ2n) is 13.7. The van der Waals surface area contributed by atoms with Crippen LogP contribution in [0.4, 0.5) is 10.1 Å². The van der Waals surface area contributed by atoms with Crippen LogP contribution in [0, 0.1) is 17.3 Å². The van der Waals surface area contributed by atoms with Gasteiger partial charge in [-0.3, -0.25) is 9.59 Å². The topological polar surface area (TPSA) is 63.7 Å². The summed E-state index contributed by atoms with van der Waals surface area (Å²) in [6.07, 6.45) is 7.13. The maximum Gasteiger partial charge on any atom is 0.343 e. The third-order valence-electron chi connectivity index (χ3n) is 11.2. The Balaban J connectivity index is 1.02. The van der Waals surface area contributed by atoms with E-state index in [0.29, 0.717) is 40.4 Å². The number of ether oxygens (including phenoxy) is 1. The maximum absolute atomic E-state index is 15.3. The molecule has 0 aromatic heterocycles. The normalized spacial score (nSPS) is 29.1. The number of carbonyl (C=O) groups excluding carboxylic acids is 3. The first-order valence-corrected chi connectivity index (χ1v) is 15.8. The Kier molecular flexibility index (Phi) is 6.87. The number of rotatable bonds is 5. The number of anilines is 1. The van der Waals surface area contributed by atoms with Gasteiger partial charge in [0.05, 0.1) is 11.0 Å². The van der Waals surface area contributed by atoms with Crippen LogP contribution in [0.3, 0.4) is 0 Å². The summed E-state index contributed by atoms with van der Waals surface area (Å²) in [6.45, 7) is 3.98. The SMILES string of the molecule is CN1C(=O)[C@](C)(CC(F)=Cc2ccc(C(=O)Oc3ccc4c(c3)CC[C@@H]3[C@@H]4CC[C@]4(C)C(=O)CC[C@@H]34)cc2)c2ccccc21. The monoisotopic (exact) mass is 591 g/mol. The standard InChI is InChI=1S/C38H38FNO4/c1-37-19-18-29-28-15-13-27(21-25(28)12-14-30(29)31(37)16-17-34(37)41)44-35(42)24-10-8-23(9-11-24)20-26(39)22-38(2)32-6-4-5-7-33(32)40(3)36(38)43/h4-11,13,15,20-21,29-31H,12,14,16-19,22H2,1-3H3/t29-,30-,31+,37+,38-/m1/s1. The Hall–Kier alpha value is -4.06. The Bertz CT molecular complexity index is 1710. The zero-order valence-electron chi connectivity index (χ0n) is 25.6. The summed E-state index contributed by atoms with van der Waals surface area (Å²) in [5, 5.41) is 0. The molecule has 2 fully saturated rings. The van der Waals surface area contributed by atoms with Crippen LogP contribution in [0.25, 0.3) is 6.08 Å². The lowest BCUT2D eigenvalue weighted by molar-refractivity contribution is -0.129. The van der Waals surface area contributed by atoms with Crippen LogP contribution in [-0.4, -0.2) is 24.7 Å². The van der Waals surface area contributed by atoms with Crippen molar-refractivity contribution in [3.8, 4) is 5.75 Å². The zero-order valence-corrected chi connectivity index (χ0v) is 25.6. The number of aryl methyl sites for hydroxylation is 1. The molecule has 1 amide bonds. The van der Waals surface area contributed by atoms with Gasteiger partial charge in [-0.1, -0.05) is 43.3 Å². The zero-order chi connectivity index (χ0) is 30.8. The summed E-state index contributed by atoms with van der Waals surface area (Å²) in [7, 11) is 1.72. The van der Waals surface area contributed by atoms with Crippen molar-refractivity contribution in [1.29, 1.82) is 0 Å². The number of halogens is 1. The van der Waals surface area contributed by atoms with Gasteiger partial charge < -0.3 is 9.64 Å². The minimum Gasteiger partial charge on any atom is -0.423 e. The van der Waals surface area contributed by atoms with E-state index in [9.17, 15) is 14.4 Å². The third kappa shape index (κ3) is 4.53. The molecule has 44 heavy (non-hydrogen) atoms. The van der Waals surface area contributed by atoms with Crippen LogP contribution in [0.1, 0.15) is 90.9 Å². The molecule has 7 rings (SSSR count). The molecule has 6 heteroatoms. The van der Waals surface area contributed by atoms with Gasteiger partial charge in [0.2, 0.25) is 5.91 Å². The van der Waals surface area contributed by atoms with Gasteiger partial charge in [0.15, 0.2) is 0 Å². The number of nitrogens with zero attached hydrogens (tertiary/aromatic N) is 1. The number of amides is 1. The smallest absolute Gasteiger partial charge is 0.343 e. The molecular formula is C38H38FNO4. The van der Waals surface area contributed by atoms with E-state index < -0.39 is 17.2 Å². The molecule has 1 aliphatic heterocycles. The lowest BCUT2D eigenvalue weighted by atomic mass is 9.55. The molecule has 2 saturated carbocycles. The van der Waals surface area contributed by atoms with Crippen LogP contribution >= 0.6 is 0 Å². The molecule has 0 spiro atoms. The van der Waals surface area contributed by atoms with Gasteiger partial charge in [-0.2, -0.15) is 0 Å². The highest BCUT2D eigenvalue weighted by molar-refractivity contribution is 6.07. The Morgan fingerprint density at radius 2 is 1.77 bits per heavy atom. The van der Waals surface area contributed by atoms with Crippen molar-refractivity contribution in [1.82, 2.24) is 0 Å². The number of allylic oxidation sites excluding steroid dienone is 1. The third-order valence-corrected chi connectivity index (χ3v) is 11.2. The number of benzene rings is 3. The highest BCUT2D eigenvalue weighted by Crippen LogP contribution is 2.59. The van der Waals surface area contributed by atoms with Crippen molar-refractivity contribution in [3.63, 3.8) is 0 Å². The molecule has 3 aliphatic carbocycles. The molecule has 4 aliphatic rings. The predicted molar refractivity (Wildman–Crippen MR) is 168 cm³/mol. The first-order valence-electron chi connectivity index (χ1n) is 15.8. The van der Waals surface area contributed by atoms with Crippen LogP contribution < -0.4 is 9.64 Å². The maximum atomic E-state index is 15.3. The largest absolute Gasteiger partial charge is 0.423 e. The van der Waals surface area contributed by atoms with Crippen molar-refractivity contribution < 1.29 is 23.5 Å². The molecule has 226 valence electrons. The second kappa shape index (κ2) is 10.5. The average Bonchev–Trinajstić information content (AvgIpc) is 3.42. The quantitative estimate of drug-likeness (QED) is 0.223. The van der Waals surface area contributed by atoms with E-state index in [-0.39, 0.29) is 17.7 Å². The molecule has 5 nitrogen and oxygen atoms in total. The highest BCUT2D eigenvalue weighted by atomic mass is 19.1. The fraction of sp³-hybridized carbons (Fsp3) is 0.395. The summed E-state index contributed by atoms with van der Waals surface area (Å²) in [5.41, 5.74) is 4.09. The minimum absolute atomic E-state index is 0.0466. The first-order chi connectivity index (χ1) is 21.1. The van der Waals surface area contributed by atoms with Crippen LogP contribution in [0.15, 0.2) is 72.6 Å². The van der Waals surface area contributed by atoms with Crippen molar-refractivity contribution in [2.24, 2.45) is 17.3 Å². The molecule has 0 bridgehead atoms. The fourth-order valence-electron chi connectivity index (χ4n) is 8.84. The van der Waals surface area contributed by atoms with E-state index in [1.807, 2.05) is 36.4 Å². The van der Waals surface area contributed by atoms with E-state index in [0.717, 1.165) is 49.8 Å². The Morgan fingerprint density at radius 1 is 1.00 bits per heavy atom. The first kappa shape index (κ1) is 28.7. The van der Waals surface area contributed by atoms with Gasteiger partial charge in [0.1, 0.15) is 17.4 Å². The van der Waals surface area contributed by atoms with Crippen molar-refractivity contribution in [2.45, 2.75) is 70.1 Å². The average molecular weight is 592 g/mol. The minimum atomic E-state index is -0.974. The molecule has 5 atom stereocenters. The molecule has 1 heterocycles. The lowest BCUT2D eigenvalue weighted by Gasteiger charge is -2.48. The Labute approximate surface area is 258 Å². The van der Waals surface area contributed by atoms with E-state index in [2.05, 4.69) is 13.0 Å². The van der Waals surface area contributed by atoms with Crippen LogP contribution in [0.2, 0.25) is 0 Å². The molecular weight excluding hydrogens is 553 g/mol. The molecule has 0 N–H and O–H groups in total. The van der Waals surface area contributed by atoms with E-state index in [1.165, 1.54) is 17.2 Å². The highest BCUT2D eigenvalue weighted by Gasteiger charge is 2.54. The van der Waals surface area contributed by atoms with Gasteiger partial charge in [0, 0.05) is 31.0 Å². The number of esters is 1. The van der Waals surface area contributed by atoms with Gasteiger partial charge in [-0.05, 0) is 115 Å². The summed E-state index contributed by atoms with van der Waals surface area (Å²) in [5.74, 6) is 1.49. The summed E-state index contributed by atoms with van der Waals surface area (Å²) >= 11 is 0. The summed E-state index contributed by atoms with van der Waals surface area (Å²) in [6, 6.07) is 20.2. The van der Waals surface area contributed by atoms with E-state index in [1.54, 1.807) is 43.1 Å².